The molecular weight excluding hydrogens is 480 g/mol. The molecule has 0 unspecified atom stereocenters. The van der Waals surface area contributed by atoms with E-state index in [0.717, 1.165) is 14.8 Å². The number of nitrogen functional groups attached to an aromatic ring is 1. The van der Waals surface area contributed by atoms with Crippen LogP contribution in [-0.4, -0.2) is 20.4 Å². The smallest absolute Gasteiger partial charge is 0.353 e. The van der Waals surface area contributed by atoms with Crippen molar-refractivity contribution in [2.24, 2.45) is 4.99 Å². The van der Waals surface area contributed by atoms with Gasteiger partial charge in [0.2, 0.25) is 5.62 Å². The van der Waals surface area contributed by atoms with Crippen LogP contribution in [0.5, 0.6) is 5.75 Å². The maximum Gasteiger partial charge on any atom is 0.353 e. The first kappa shape index (κ1) is 26.1. The Morgan fingerprint density at radius 2 is 1.94 bits per heavy atom. The third kappa shape index (κ3) is 6.31. The average Bonchev–Trinajstić information content (AvgIpc) is 2.88. The van der Waals surface area contributed by atoms with Crippen molar-refractivity contribution in [3.63, 3.8) is 0 Å². The lowest BCUT2D eigenvalue weighted by Gasteiger charge is -2.13. The van der Waals surface area contributed by atoms with E-state index in [1.807, 2.05) is 0 Å². The zero-order valence-electron chi connectivity index (χ0n) is 19.7. The molecule has 0 fully saturated rings. The van der Waals surface area contributed by atoms with Gasteiger partial charge in [-0.05, 0) is 55.0 Å². The monoisotopic (exact) mass is 504 g/mol. The predicted molar refractivity (Wildman–Crippen MR) is 139 cm³/mol. The SMILES string of the molecule is C=C/C=C(\C=C/CN=c1n(N)c(=O)n(CC)c(=O)n1Cc1ccc(Cl)cc1)Oc1cccc(C#N)c1. The number of hydrogen-bond acceptors (Lipinski definition) is 6. The van der Waals surface area contributed by atoms with E-state index < -0.39 is 11.4 Å². The first-order valence-corrected chi connectivity index (χ1v) is 11.4. The van der Waals surface area contributed by atoms with Crippen molar-refractivity contribution >= 4 is 11.6 Å². The van der Waals surface area contributed by atoms with Gasteiger partial charge in [-0.3, -0.25) is 4.57 Å². The highest BCUT2D eigenvalue weighted by Gasteiger charge is 2.12. The highest BCUT2D eigenvalue weighted by Crippen LogP contribution is 2.16. The lowest BCUT2D eigenvalue weighted by atomic mass is 10.2. The van der Waals surface area contributed by atoms with Gasteiger partial charge in [0.25, 0.3) is 0 Å². The largest absolute Gasteiger partial charge is 0.457 e. The molecule has 0 bridgehead atoms. The molecule has 2 N–H and O–H groups in total. The molecule has 3 aromatic rings. The second kappa shape index (κ2) is 12.2. The van der Waals surface area contributed by atoms with E-state index in [-0.39, 0.29) is 25.3 Å². The number of benzene rings is 2. The van der Waals surface area contributed by atoms with Crippen LogP contribution >= 0.6 is 11.6 Å². The van der Waals surface area contributed by atoms with Gasteiger partial charge in [0.05, 0.1) is 24.7 Å². The Balaban J connectivity index is 1.94. The van der Waals surface area contributed by atoms with Gasteiger partial charge in [-0.1, -0.05) is 48.5 Å². The number of nitriles is 1. The Kier molecular flexibility index (Phi) is 8.86. The Morgan fingerprint density at radius 3 is 2.61 bits per heavy atom. The Morgan fingerprint density at radius 1 is 1.19 bits per heavy atom. The molecule has 0 spiro atoms. The van der Waals surface area contributed by atoms with Crippen molar-refractivity contribution in [3.05, 3.63) is 128 Å². The first-order chi connectivity index (χ1) is 17.4. The van der Waals surface area contributed by atoms with Crippen molar-refractivity contribution in [1.82, 2.24) is 13.8 Å². The van der Waals surface area contributed by atoms with E-state index >= 15 is 0 Å². The number of ether oxygens (including phenoxy) is 1. The summed E-state index contributed by atoms with van der Waals surface area (Å²) in [6.45, 7) is 5.79. The number of nitrogens with zero attached hydrogens (tertiary/aromatic N) is 5. The zero-order chi connectivity index (χ0) is 26.1. The van der Waals surface area contributed by atoms with Crippen LogP contribution in [0.3, 0.4) is 0 Å². The molecule has 2 aromatic carbocycles. The lowest BCUT2D eigenvalue weighted by Crippen LogP contribution is -2.57. The molecule has 0 radical (unpaired) electrons. The van der Waals surface area contributed by atoms with Gasteiger partial charge in [-0.25, -0.2) is 19.1 Å². The van der Waals surface area contributed by atoms with E-state index in [1.165, 1.54) is 4.57 Å². The lowest BCUT2D eigenvalue weighted by molar-refractivity contribution is 0.444. The van der Waals surface area contributed by atoms with Gasteiger partial charge in [-0.15, -0.1) is 0 Å². The molecule has 0 saturated heterocycles. The van der Waals surface area contributed by atoms with E-state index in [0.29, 0.717) is 22.1 Å². The average molecular weight is 505 g/mol. The summed E-state index contributed by atoms with van der Waals surface area (Å²) in [5.74, 6) is 6.98. The summed E-state index contributed by atoms with van der Waals surface area (Å²) in [4.78, 5) is 30.0. The Labute approximate surface area is 212 Å². The number of aromatic nitrogens is 3. The van der Waals surface area contributed by atoms with Crippen LogP contribution < -0.4 is 27.6 Å². The number of halogens is 1. The topological polar surface area (TPSA) is 120 Å². The molecule has 0 saturated carbocycles. The summed E-state index contributed by atoms with van der Waals surface area (Å²) in [6.07, 6.45) is 6.57. The predicted octanol–water partition coefficient (Wildman–Crippen LogP) is 2.72. The normalized spacial score (nSPS) is 12.0. The number of rotatable bonds is 9. The molecule has 1 aromatic heterocycles. The van der Waals surface area contributed by atoms with Crippen LogP contribution in [0.4, 0.5) is 0 Å². The van der Waals surface area contributed by atoms with E-state index in [4.69, 9.17) is 27.4 Å². The molecule has 0 atom stereocenters. The van der Waals surface area contributed by atoms with Gasteiger partial charge in [-0.2, -0.15) is 9.94 Å². The minimum absolute atomic E-state index is 0.0196. The summed E-state index contributed by atoms with van der Waals surface area (Å²) in [5, 5.41) is 9.64. The summed E-state index contributed by atoms with van der Waals surface area (Å²) < 4.78 is 9.06. The van der Waals surface area contributed by atoms with Gasteiger partial charge >= 0.3 is 11.4 Å². The van der Waals surface area contributed by atoms with Gasteiger partial charge in [0, 0.05) is 11.6 Å². The third-order valence-corrected chi connectivity index (χ3v) is 5.28. The summed E-state index contributed by atoms with van der Waals surface area (Å²) in [5.41, 5.74) is 0.1000. The van der Waals surface area contributed by atoms with Crippen LogP contribution in [0, 0.1) is 11.3 Å². The van der Waals surface area contributed by atoms with Gasteiger partial charge in [0.1, 0.15) is 11.5 Å². The maximum atomic E-state index is 13.0. The fourth-order valence-corrected chi connectivity index (χ4v) is 3.44. The van der Waals surface area contributed by atoms with Crippen molar-refractivity contribution in [3.8, 4) is 11.8 Å². The molecule has 184 valence electrons. The summed E-state index contributed by atoms with van der Waals surface area (Å²) in [6, 6.07) is 15.8. The van der Waals surface area contributed by atoms with Crippen LogP contribution in [-0.2, 0) is 13.1 Å². The maximum absolute atomic E-state index is 13.0. The van der Waals surface area contributed by atoms with E-state index in [1.54, 1.807) is 79.8 Å². The number of hydrogen-bond donors (Lipinski definition) is 1. The second-order valence-electron chi connectivity index (χ2n) is 7.48. The summed E-state index contributed by atoms with van der Waals surface area (Å²) in [7, 11) is 0. The minimum Gasteiger partial charge on any atom is -0.457 e. The Hall–Kier alpha value is -4.55. The molecule has 36 heavy (non-hydrogen) atoms. The standard InChI is InChI=1S/C26H25ClN6O3/c1-3-7-22(36-23-9-5-8-20(16-23)17-28)10-6-15-30-24-32(18-19-11-13-21(27)14-12-19)25(34)31(4-2)26(35)33(24)29/h3,5-14,16H,1,4,15,18,29H2,2H3/b10-6-,22-7+,30-24?. The van der Waals surface area contributed by atoms with Crippen molar-refractivity contribution in [1.29, 1.82) is 5.26 Å². The van der Waals surface area contributed by atoms with Crippen molar-refractivity contribution < 1.29 is 4.74 Å². The van der Waals surface area contributed by atoms with Crippen LogP contribution in [0.1, 0.15) is 18.1 Å². The fourth-order valence-electron chi connectivity index (χ4n) is 3.31. The van der Waals surface area contributed by atoms with Crippen molar-refractivity contribution in [2.45, 2.75) is 20.0 Å². The van der Waals surface area contributed by atoms with Crippen LogP contribution in [0.15, 0.2) is 99.8 Å². The second-order valence-corrected chi connectivity index (χ2v) is 7.92. The highest BCUT2D eigenvalue weighted by atomic mass is 35.5. The van der Waals surface area contributed by atoms with Crippen LogP contribution in [0.25, 0.3) is 0 Å². The van der Waals surface area contributed by atoms with Gasteiger partial charge in [0.15, 0.2) is 0 Å². The molecule has 9 nitrogen and oxygen atoms in total. The third-order valence-electron chi connectivity index (χ3n) is 5.03. The zero-order valence-corrected chi connectivity index (χ0v) is 20.4. The quantitative estimate of drug-likeness (QED) is 0.273. The van der Waals surface area contributed by atoms with Crippen molar-refractivity contribution in [2.75, 3.05) is 12.4 Å². The van der Waals surface area contributed by atoms with Gasteiger partial charge < -0.3 is 10.6 Å². The molecular formula is C26H25ClN6O3. The number of allylic oxidation sites excluding steroid dienone is 3. The number of nitrogens with two attached hydrogens (primary N) is 1. The van der Waals surface area contributed by atoms with E-state index in [2.05, 4.69) is 17.6 Å². The van der Waals surface area contributed by atoms with Crippen LogP contribution in [0.2, 0.25) is 5.02 Å². The molecule has 0 aliphatic rings. The molecule has 3 rings (SSSR count). The molecule has 1 heterocycles. The molecule has 0 amide bonds. The summed E-state index contributed by atoms with van der Waals surface area (Å²) >= 11 is 5.97. The van der Waals surface area contributed by atoms with E-state index in [9.17, 15) is 9.59 Å². The molecule has 0 aliphatic heterocycles. The minimum atomic E-state index is -0.662. The molecule has 10 heteroatoms. The molecule has 0 aliphatic carbocycles. The first-order valence-electron chi connectivity index (χ1n) is 11.0. The Bertz CT molecular complexity index is 1540. The fraction of sp³-hybridized carbons (Fsp3) is 0.154. The highest BCUT2D eigenvalue weighted by molar-refractivity contribution is 6.30.